The lowest BCUT2D eigenvalue weighted by Crippen LogP contribution is -2.43. The predicted octanol–water partition coefficient (Wildman–Crippen LogP) is 11.3. The molecule has 6 heteroatoms. The number of nitrogens with zero attached hydrogens (tertiary/aromatic N) is 2. The van der Waals surface area contributed by atoms with Gasteiger partial charge in [-0.05, 0) is 18.9 Å². The molecule has 304 valence electrons. The van der Waals surface area contributed by atoms with E-state index in [0.717, 1.165) is 38.1 Å². The Hall–Kier alpha value is -2.02. The molecule has 0 aliphatic rings. The first-order valence-corrected chi connectivity index (χ1v) is 22.5. The van der Waals surface area contributed by atoms with Crippen molar-refractivity contribution in [1.82, 2.24) is 0 Å². The summed E-state index contributed by atoms with van der Waals surface area (Å²) in [7, 11) is 0. The van der Waals surface area contributed by atoms with Crippen LogP contribution in [0.25, 0.3) is 0 Å². The third-order valence-corrected chi connectivity index (χ3v) is 11.1. The lowest BCUT2D eigenvalue weighted by molar-refractivity contribution is -0.698. The normalized spacial score (nSPS) is 12.4. The molecule has 0 aliphatic carbocycles. The molecule has 0 bridgehead atoms. The highest BCUT2D eigenvalue weighted by atomic mass is 16.5. The Balaban J connectivity index is 1.71. The van der Waals surface area contributed by atoms with Crippen molar-refractivity contribution in [3.63, 3.8) is 0 Å². The predicted molar refractivity (Wildman–Crippen MR) is 221 cm³/mol. The van der Waals surface area contributed by atoms with Gasteiger partial charge in [-0.2, -0.15) is 0 Å². The van der Waals surface area contributed by atoms with Crippen LogP contribution in [0.2, 0.25) is 0 Å². The average molecular weight is 741 g/mol. The summed E-state index contributed by atoms with van der Waals surface area (Å²) < 4.78 is 17.2. The van der Waals surface area contributed by atoms with E-state index >= 15 is 0 Å². The number of rotatable bonds is 38. The standard InChI is InChI=1S/C47H84N2O4/c1-3-5-7-9-11-13-15-16-17-19-21-23-25-28-37-49-38-31-33-46(40-49)53-44-47(41-50,42-51)43-52-45(34-39-48-35-29-26-30-36-48)32-27-24-22-20-18-14-12-10-8-6-4-2/h26,29-31,33,35-36,38,40,45,50-51H,3-25,27-28,32,34,37,39,41-44H2,1-2H3/q+2. The molecule has 0 saturated carbocycles. The van der Waals surface area contributed by atoms with E-state index in [2.05, 4.69) is 59.9 Å². The number of aromatic nitrogens is 2. The van der Waals surface area contributed by atoms with Gasteiger partial charge in [-0.25, -0.2) is 9.13 Å². The summed E-state index contributed by atoms with van der Waals surface area (Å²) in [5.41, 5.74) is -0.857. The summed E-state index contributed by atoms with van der Waals surface area (Å²) in [5.74, 6) is 0.766. The van der Waals surface area contributed by atoms with Crippen molar-refractivity contribution in [1.29, 1.82) is 0 Å². The molecular weight excluding hydrogens is 657 g/mol. The lowest BCUT2D eigenvalue weighted by atomic mass is 9.92. The van der Waals surface area contributed by atoms with Crippen molar-refractivity contribution in [3.05, 3.63) is 55.1 Å². The smallest absolute Gasteiger partial charge is 0.211 e. The van der Waals surface area contributed by atoms with Crippen LogP contribution in [-0.4, -0.2) is 42.7 Å². The molecule has 0 spiro atoms. The molecule has 2 heterocycles. The van der Waals surface area contributed by atoms with E-state index in [1.54, 1.807) is 0 Å². The Morgan fingerprint density at radius 2 is 0.981 bits per heavy atom. The highest BCUT2D eigenvalue weighted by Crippen LogP contribution is 2.23. The molecule has 1 atom stereocenters. The minimum Gasteiger partial charge on any atom is -0.487 e. The summed E-state index contributed by atoms with van der Waals surface area (Å²) in [6.45, 7) is 6.53. The molecule has 0 aromatic carbocycles. The number of aryl methyl sites for hydroxylation is 2. The number of hydrogen-bond donors (Lipinski definition) is 2. The van der Waals surface area contributed by atoms with Gasteiger partial charge in [0.2, 0.25) is 6.20 Å². The second kappa shape index (κ2) is 33.3. The monoisotopic (exact) mass is 741 g/mol. The molecule has 2 aromatic heterocycles. The second-order valence-corrected chi connectivity index (χ2v) is 16.1. The first-order valence-electron chi connectivity index (χ1n) is 22.5. The van der Waals surface area contributed by atoms with Gasteiger partial charge >= 0.3 is 0 Å². The van der Waals surface area contributed by atoms with Crippen molar-refractivity contribution >= 4 is 0 Å². The van der Waals surface area contributed by atoms with Crippen molar-refractivity contribution < 1.29 is 28.8 Å². The van der Waals surface area contributed by atoms with Gasteiger partial charge in [0.15, 0.2) is 30.9 Å². The third kappa shape index (κ3) is 24.9. The average Bonchev–Trinajstić information content (AvgIpc) is 3.19. The van der Waals surface area contributed by atoms with Crippen LogP contribution in [0, 0.1) is 5.41 Å². The lowest BCUT2D eigenvalue weighted by Gasteiger charge is -2.31. The van der Waals surface area contributed by atoms with Gasteiger partial charge in [-0.15, -0.1) is 0 Å². The Morgan fingerprint density at radius 3 is 1.49 bits per heavy atom. The van der Waals surface area contributed by atoms with E-state index in [1.165, 1.54) is 154 Å². The Kier molecular flexibility index (Phi) is 29.6. The van der Waals surface area contributed by atoms with E-state index < -0.39 is 5.41 Å². The van der Waals surface area contributed by atoms with E-state index in [1.807, 2.05) is 18.2 Å². The van der Waals surface area contributed by atoms with Gasteiger partial charge < -0.3 is 19.7 Å². The first-order chi connectivity index (χ1) is 26.1. The minimum absolute atomic E-state index is 0.0720. The molecule has 2 rings (SSSR count). The largest absolute Gasteiger partial charge is 0.487 e. The number of ether oxygens (including phenoxy) is 2. The minimum atomic E-state index is -0.857. The highest BCUT2D eigenvalue weighted by Gasteiger charge is 2.32. The Morgan fingerprint density at radius 1 is 0.509 bits per heavy atom. The second-order valence-electron chi connectivity index (χ2n) is 16.1. The quantitative estimate of drug-likeness (QED) is 0.0531. The van der Waals surface area contributed by atoms with Gasteiger partial charge in [0, 0.05) is 31.0 Å². The van der Waals surface area contributed by atoms with Crippen LogP contribution >= 0.6 is 0 Å². The fraction of sp³-hybridized carbons (Fsp3) is 0.787. The molecule has 2 N–H and O–H groups in total. The molecule has 2 aromatic rings. The van der Waals surface area contributed by atoms with Crippen molar-refractivity contribution in [2.45, 2.75) is 206 Å². The fourth-order valence-electron chi connectivity index (χ4n) is 7.24. The molecule has 0 aliphatic heterocycles. The number of hydrogen-bond acceptors (Lipinski definition) is 4. The zero-order valence-electron chi connectivity index (χ0n) is 34.7. The van der Waals surface area contributed by atoms with E-state index in [-0.39, 0.29) is 32.5 Å². The maximum Gasteiger partial charge on any atom is 0.211 e. The van der Waals surface area contributed by atoms with Crippen molar-refractivity contribution in [2.24, 2.45) is 5.41 Å². The number of aliphatic hydroxyl groups excluding tert-OH is 2. The van der Waals surface area contributed by atoms with Crippen LogP contribution < -0.4 is 13.9 Å². The highest BCUT2D eigenvalue weighted by molar-refractivity contribution is 5.13. The van der Waals surface area contributed by atoms with Gasteiger partial charge in [0.25, 0.3) is 0 Å². The molecule has 0 saturated heterocycles. The Bertz CT molecular complexity index is 1060. The molecule has 0 radical (unpaired) electrons. The maximum atomic E-state index is 10.5. The van der Waals surface area contributed by atoms with E-state index in [0.29, 0.717) is 0 Å². The summed E-state index contributed by atoms with van der Waals surface area (Å²) in [4.78, 5) is 0. The fourth-order valence-corrected chi connectivity index (χ4v) is 7.24. The Labute approximate surface area is 327 Å². The van der Waals surface area contributed by atoms with Crippen LogP contribution in [0.3, 0.4) is 0 Å². The molecular formula is C47H84N2O4+2. The van der Waals surface area contributed by atoms with Crippen LogP contribution in [0.1, 0.15) is 187 Å². The zero-order chi connectivity index (χ0) is 37.9. The van der Waals surface area contributed by atoms with Gasteiger partial charge in [0.05, 0.1) is 31.3 Å². The zero-order valence-corrected chi connectivity index (χ0v) is 34.7. The van der Waals surface area contributed by atoms with E-state index in [4.69, 9.17) is 9.47 Å². The number of pyridine rings is 2. The summed E-state index contributed by atoms with van der Waals surface area (Å²) >= 11 is 0. The van der Waals surface area contributed by atoms with Gasteiger partial charge in [-0.1, -0.05) is 168 Å². The summed E-state index contributed by atoms with van der Waals surface area (Å²) in [6.07, 6.45) is 44.0. The van der Waals surface area contributed by atoms with Crippen LogP contribution in [0.4, 0.5) is 0 Å². The van der Waals surface area contributed by atoms with Crippen molar-refractivity contribution in [2.75, 3.05) is 26.4 Å². The third-order valence-electron chi connectivity index (χ3n) is 11.1. The van der Waals surface area contributed by atoms with Crippen LogP contribution in [0.5, 0.6) is 5.75 Å². The molecule has 0 fully saturated rings. The SMILES string of the molecule is CCCCCCCCCCCCCCCC[n+]1cccc(OCC(CO)(CO)COC(CCCCCCCCCCCCC)CC[n+]2ccccc2)c1. The summed E-state index contributed by atoms with van der Waals surface area (Å²) in [6, 6.07) is 10.2. The van der Waals surface area contributed by atoms with Gasteiger partial charge in [0.1, 0.15) is 13.2 Å². The topological polar surface area (TPSA) is 66.7 Å². The van der Waals surface area contributed by atoms with E-state index in [9.17, 15) is 10.2 Å². The van der Waals surface area contributed by atoms with Crippen molar-refractivity contribution in [3.8, 4) is 5.75 Å². The molecule has 1 unspecified atom stereocenters. The summed E-state index contributed by atoms with van der Waals surface area (Å²) in [5, 5.41) is 20.9. The molecule has 0 amide bonds. The first kappa shape index (κ1) is 47.1. The van der Waals surface area contributed by atoms with Crippen LogP contribution in [-0.2, 0) is 17.8 Å². The maximum absolute atomic E-state index is 10.5. The van der Waals surface area contributed by atoms with Crippen LogP contribution in [0.15, 0.2) is 55.1 Å². The molecule has 6 nitrogen and oxygen atoms in total. The number of unbranched alkanes of at least 4 members (excludes halogenated alkanes) is 23. The number of aliphatic hydroxyl groups is 2. The van der Waals surface area contributed by atoms with Gasteiger partial charge in [-0.3, -0.25) is 0 Å². The molecule has 53 heavy (non-hydrogen) atoms.